The fraction of sp³-hybridized carbons (Fsp3) is 0.250. The number of benzene rings is 1. The van der Waals surface area contributed by atoms with Gasteiger partial charge in [0.2, 0.25) is 0 Å². The van der Waals surface area contributed by atoms with E-state index in [9.17, 15) is 8.42 Å². The van der Waals surface area contributed by atoms with E-state index in [-0.39, 0.29) is 11.2 Å². The van der Waals surface area contributed by atoms with Gasteiger partial charge in [0.1, 0.15) is 0 Å². The molecule has 2 aliphatic heterocycles. The van der Waals surface area contributed by atoms with Crippen molar-refractivity contribution in [2.75, 3.05) is 13.1 Å². The number of hydrogen-bond donors (Lipinski definition) is 0. The van der Waals surface area contributed by atoms with E-state index in [0.717, 1.165) is 24.2 Å². The van der Waals surface area contributed by atoms with Gasteiger partial charge in [0.15, 0.2) is 9.84 Å². The lowest BCUT2D eigenvalue weighted by Crippen LogP contribution is -2.25. The predicted octanol–water partition coefficient (Wildman–Crippen LogP) is 3.57. The average Bonchev–Trinajstić information content (AvgIpc) is 3.35. The van der Waals surface area contributed by atoms with Gasteiger partial charge in [-0.25, -0.2) is 8.42 Å². The summed E-state index contributed by atoms with van der Waals surface area (Å²) < 4.78 is 26.1. The zero-order chi connectivity index (χ0) is 17.7. The van der Waals surface area contributed by atoms with Gasteiger partial charge in [0.25, 0.3) is 0 Å². The van der Waals surface area contributed by atoms with Gasteiger partial charge in [-0.05, 0) is 52.4 Å². The molecule has 5 rings (SSSR count). The average molecular weight is 383 g/mol. The third-order valence-electron chi connectivity index (χ3n) is 5.42. The van der Waals surface area contributed by atoms with E-state index in [2.05, 4.69) is 22.0 Å². The Kier molecular flexibility index (Phi) is 3.74. The van der Waals surface area contributed by atoms with Crippen molar-refractivity contribution in [3.05, 3.63) is 71.4 Å². The summed E-state index contributed by atoms with van der Waals surface area (Å²) >= 11 is 1.68. The van der Waals surface area contributed by atoms with E-state index < -0.39 is 9.84 Å². The topological polar surface area (TPSA) is 50.3 Å². The maximum absolute atomic E-state index is 13.0. The van der Waals surface area contributed by atoms with E-state index in [4.69, 9.17) is 0 Å². The molecule has 0 aliphatic carbocycles. The van der Waals surface area contributed by atoms with Crippen LogP contribution >= 0.6 is 11.3 Å². The fourth-order valence-corrected chi connectivity index (χ4v) is 7.12. The van der Waals surface area contributed by atoms with Crippen LogP contribution in [0.15, 0.2) is 65.1 Å². The van der Waals surface area contributed by atoms with Crippen LogP contribution in [0.1, 0.15) is 17.0 Å². The van der Waals surface area contributed by atoms with Gasteiger partial charge in [-0.1, -0.05) is 12.1 Å². The quantitative estimate of drug-likeness (QED) is 0.695. The summed E-state index contributed by atoms with van der Waals surface area (Å²) in [5.41, 5.74) is 3.28. The monoisotopic (exact) mass is 382 g/mol. The Morgan fingerprint density at radius 1 is 1.12 bits per heavy atom. The van der Waals surface area contributed by atoms with Crippen LogP contribution in [0, 0.1) is 0 Å². The Bertz CT molecular complexity index is 1050. The largest absolute Gasteiger partial charge is 0.297 e. The van der Waals surface area contributed by atoms with Crippen molar-refractivity contribution in [2.45, 2.75) is 22.6 Å². The zero-order valence-electron chi connectivity index (χ0n) is 14.1. The standard InChI is InChI=1S/C20H18N2O2S2/c23-26(24)19-4-3-15(18-2-1-9-25-18)10-16(19)17-12-22(13-20(17)26)11-14-5-7-21-8-6-14/h1-10,17,20H,11-13H2/t17-,20+/m0/s1. The van der Waals surface area contributed by atoms with E-state index in [0.29, 0.717) is 11.4 Å². The van der Waals surface area contributed by atoms with Crippen LogP contribution in [-0.2, 0) is 16.4 Å². The molecule has 1 saturated heterocycles. The van der Waals surface area contributed by atoms with Gasteiger partial charge in [0.05, 0.1) is 10.1 Å². The second-order valence-electron chi connectivity index (χ2n) is 6.97. The molecule has 3 aromatic rings. The molecule has 0 radical (unpaired) electrons. The number of rotatable bonds is 3. The highest BCUT2D eigenvalue weighted by atomic mass is 32.2. The molecule has 2 aliphatic rings. The SMILES string of the molecule is O=S1(=O)c2ccc(-c3cccs3)cc2[C@@H]2CN(Cc3ccncc3)C[C@H]21. The minimum absolute atomic E-state index is 0.0664. The highest BCUT2D eigenvalue weighted by molar-refractivity contribution is 7.92. The van der Waals surface area contributed by atoms with Gasteiger partial charge in [-0.15, -0.1) is 11.3 Å². The number of thiophene rings is 1. The Morgan fingerprint density at radius 2 is 1.96 bits per heavy atom. The van der Waals surface area contributed by atoms with Crippen molar-refractivity contribution in [1.29, 1.82) is 0 Å². The first-order valence-electron chi connectivity index (χ1n) is 8.66. The van der Waals surface area contributed by atoms with Crippen LogP contribution in [-0.4, -0.2) is 36.6 Å². The third kappa shape index (κ3) is 2.52. The lowest BCUT2D eigenvalue weighted by Gasteiger charge is -2.17. The maximum Gasteiger partial charge on any atom is 0.183 e. The first kappa shape index (κ1) is 16.2. The van der Waals surface area contributed by atoms with Gasteiger partial charge in [-0.3, -0.25) is 9.88 Å². The van der Waals surface area contributed by atoms with Crippen LogP contribution in [0.4, 0.5) is 0 Å². The lowest BCUT2D eigenvalue weighted by atomic mass is 9.96. The number of fused-ring (bicyclic) bond motifs is 3. The van der Waals surface area contributed by atoms with Gasteiger partial charge < -0.3 is 0 Å². The molecule has 0 bridgehead atoms. The number of pyridine rings is 1. The molecular weight excluding hydrogens is 364 g/mol. The van der Waals surface area contributed by atoms with Crippen molar-refractivity contribution in [1.82, 2.24) is 9.88 Å². The van der Waals surface area contributed by atoms with Gasteiger partial charge in [0, 0.05) is 42.8 Å². The van der Waals surface area contributed by atoms with E-state index in [1.807, 2.05) is 35.7 Å². The minimum Gasteiger partial charge on any atom is -0.297 e. The molecule has 6 heteroatoms. The molecule has 4 nitrogen and oxygen atoms in total. The summed E-state index contributed by atoms with van der Waals surface area (Å²) in [6.45, 7) is 2.15. The molecule has 0 unspecified atom stereocenters. The first-order valence-corrected chi connectivity index (χ1v) is 11.1. The van der Waals surface area contributed by atoms with Crippen LogP contribution in [0.3, 0.4) is 0 Å². The molecule has 26 heavy (non-hydrogen) atoms. The molecule has 2 atom stereocenters. The number of likely N-dealkylation sites (tertiary alicyclic amines) is 1. The summed E-state index contributed by atoms with van der Waals surface area (Å²) in [7, 11) is -3.24. The molecule has 1 fully saturated rings. The molecule has 132 valence electrons. The fourth-order valence-electron chi connectivity index (χ4n) is 4.20. The molecule has 0 spiro atoms. The number of nitrogens with zero attached hydrogens (tertiary/aromatic N) is 2. The lowest BCUT2D eigenvalue weighted by molar-refractivity contribution is 0.325. The molecule has 0 saturated carbocycles. The second kappa shape index (κ2) is 6.01. The predicted molar refractivity (Wildman–Crippen MR) is 103 cm³/mol. The minimum atomic E-state index is -3.24. The summed E-state index contributed by atoms with van der Waals surface area (Å²) in [6, 6.07) is 13.9. The first-order chi connectivity index (χ1) is 12.6. The molecule has 0 N–H and O–H groups in total. The maximum atomic E-state index is 13.0. The van der Waals surface area contributed by atoms with Crippen molar-refractivity contribution in [2.24, 2.45) is 0 Å². The highest BCUT2D eigenvalue weighted by Gasteiger charge is 2.50. The number of hydrogen-bond acceptors (Lipinski definition) is 5. The van der Waals surface area contributed by atoms with Crippen LogP contribution in [0.5, 0.6) is 0 Å². The zero-order valence-corrected chi connectivity index (χ0v) is 15.7. The third-order valence-corrected chi connectivity index (χ3v) is 8.60. The van der Waals surface area contributed by atoms with Gasteiger partial charge >= 0.3 is 0 Å². The molecule has 0 amide bonds. The Balaban J connectivity index is 1.49. The molecule has 1 aromatic carbocycles. The van der Waals surface area contributed by atoms with Crippen LogP contribution in [0.25, 0.3) is 10.4 Å². The Hall–Kier alpha value is -2.02. The summed E-state index contributed by atoms with van der Waals surface area (Å²) in [5.74, 6) is 0.0664. The number of sulfone groups is 1. The second-order valence-corrected chi connectivity index (χ2v) is 10.1. The van der Waals surface area contributed by atoms with Crippen LogP contribution < -0.4 is 0 Å². The molecule has 4 heterocycles. The summed E-state index contributed by atoms with van der Waals surface area (Å²) in [4.78, 5) is 8.02. The highest BCUT2D eigenvalue weighted by Crippen LogP contribution is 2.46. The van der Waals surface area contributed by atoms with Gasteiger partial charge in [-0.2, -0.15) is 0 Å². The van der Waals surface area contributed by atoms with Crippen molar-refractivity contribution >= 4 is 21.2 Å². The van der Waals surface area contributed by atoms with Crippen molar-refractivity contribution < 1.29 is 8.42 Å². The summed E-state index contributed by atoms with van der Waals surface area (Å²) in [5, 5.41) is 1.73. The van der Waals surface area contributed by atoms with E-state index >= 15 is 0 Å². The van der Waals surface area contributed by atoms with Crippen molar-refractivity contribution in [3.8, 4) is 10.4 Å². The van der Waals surface area contributed by atoms with E-state index in [1.165, 1.54) is 10.4 Å². The molecule has 2 aromatic heterocycles. The Labute approximate surface area is 157 Å². The van der Waals surface area contributed by atoms with Crippen molar-refractivity contribution in [3.63, 3.8) is 0 Å². The summed E-state index contributed by atoms with van der Waals surface area (Å²) in [6.07, 6.45) is 3.57. The van der Waals surface area contributed by atoms with Crippen LogP contribution in [0.2, 0.25) is 0 Å². The number of aromatic nitrogens is 1. The Morgan fingerprint density at radius 3 is 2.73 bits per heavy atom. The molecular formula is C20H18N2O2S2. The normalized spacial score (nSPS) is 23.7. The van der Waals surface area contributed by atoms with E-state index in [1.54, 1.807) is 23.7 Å². The smallest absolute Gasteiger partial charge is 0.183 e.